The van der Waals surface area contributed by atoms with Crippen LogP contribution in [-0.2, 0) is 0 Å². The number of rotatable bonds is 4. The van der Waals surface area contributed by atoms with Crippen molar-refractivity contribution in [1.29, 1.82) is 5.41 Å². The third-order valence-electron chi connectivity index (χ3n) is 2.52. The fourth-order valence-corrected chi connectivity index (χ4v) is 2.81. The van der Waals surface area contributed by atoms with Gasteiger partial charge >= 0.3 is 0 Å². The van der Waals surface area contributed by atoms with E-state index in [1.807, 2.05) is 30.3 Å². The Labute approximate surface area is 121 Å². The van der Waals surface area contributed by atoms with Gasteiger partial charge in [0.15, 0.2) is 0 Å². The molecule has 0 unspecified atom stereocenters. The minimum Gasteiger partial charge on any atom is -0.497 e. The van der Waals surface area contributed by atoms with Gasteiger partial charge in [-0.15, -0.1) is 0 Å². The lowest BCUT2D eigenvalue weighted by atomic mass is 10.2. The van der Waals surface area contributed by atoms with E-state index in [-0.39, 0.29) is 5.84 Å². The lowest BCUT2D eigenvalue weighted by Crippen LogP contribution is -2.12. The molecule has 2 aromatic carbocycles. The van der Waals surface area contributed by atoms with Crippen molar-refractivity contribution in [3.8, 4) is 5.75 Å². The molecule has 2 aromatic rings. The summed E-state index contributed by atoms with van der Waals surface area (Å²) in [4.78, 5) is 1.90. The minimum absolute atomic E-state index is 0.0349. The lowest BCUT2D eigenvalue weighted by molar-refractivity contribution is 0.414. The van der Waals surface area contributed by atoms with Crippen molar-refractivity contribution < 1.29 is 4.74 Å². The predicted molar refractivity (Wildman–Crippen MR) is 79.6 cm³/mol. The number of methoxy groups -OCH3 is 1. The molecule has 3 nitrogen and oxygen atoms in total. The minimum atomic E-state index is 0.0349. The number of nitrogens with one attached hydrogen (secondary N) is 1. The molecule has 5 heteroatoms. The van der Waals surface area contributed by atoms with Crippen LogP contribution in [0.2, 0.25) is 5.02 Å². The number of hydrogen-bond acceptors (Lipinski definition) is 3. The summed E-state index contributed by atoms with van der Waals surface area (Å²) in [5.74, 6) is 0.843. The van der Waals surface area contributed by atoms with Crippen molar-refractivity contribution in [1.82, 2.24) is 0 Å². The molecule has 0 saturated carbocycles. The predicted octanol–water partition coefficient (Wildman–Crippen LogP) is 3.78. The SMILES string of the molecule is COc1ccc(Sc2cc(Cl)ccc2C(=N)N)cc1. The second-order valence-electron chi connectivity index (χ2n) is 3.83. The van der Waals surface area contributed by atoms with E-state index in [4.69, 9.17) is 27.5 Å². The van der Waals surface area contributed by atoms with Crippen LogP contribution in [0, 0.1) is 5.41 Å². The van der Waals surface area contributed by atoms with Crippen molar-refractivity contribution in [2.45, 2.75) is 9.79 Å². The van der Waals surface area contributed by atoms with E-state index in [1.165, 1.54) is 11.8 Å². The molecule has 19 heavy (non-hydrogen) atoms. The Kier molecular flexibility index (Phi) is 4.35. The van der Waals surface area contributed by atoms with Gasteiger partial charge in [0.2, 0.25) is 0 Å². The molecule has 0 aromatic heterocycles. The van der Waals surface area contributed by atoms with Crippen LogP contribution < -0.4 is 10.5 Å². The average molecular weight is 293 g/mol. The van der Waals surface area contributed by atoms with Crippen LogP contribution in [0.25, 0.3) is 0 Å². The third kappa shape index (κ3) is 3.43. The Morgan fingerprint density at radius 3 is 2.47 bits per heavy atom. The Morgan fingerprint density at radius 1 is 1.21 bits per heavy atom. The molecule has 0 radical (unpaired) electrons. The molecule has 0 amide bonds. The zero-order valence-corrected chi connectivity index (χ0v) is 11.9. The molecule has 0 aliphatic rings. The largest absolute Gasteiger partial charge is 0.497 e. The van der Waals surface area contributed by atoms with Crippen LogP contribution in [0.3, 0.4) is 0 Å². The number of nitrogens with two attached hydrogens (primary N) is 1. The van der Waals surface area contributed by atoms with Gasteiger partial charge in [-0.05, 0) is 42.5 Å². The molecule has 0 saturated heterocycles. The van der Waals surface area contributed by atoms with Crippen LogP contribution in [0.4, 0.5) is 0 Å². The van der Waals surface area contributed by atoms with Crippen molar-refractivity contribution in [3.05, 3.63) is 53.1 Å². The van der Waals surface area contributed by atoms with E-state index < -0.39 is 0 Å². The molecular formula is C14H13ClN2OS. The van der Waals surface area contributed by atoms with Gasteiger partial charge in [0.1, 0.15) is 11.6 Å². The molecule has 2 rings (SSSR count). The average Bonchev–Trinajstić information content (AvgIpc) is 2.39. The fraction of sp³-hybridized carbons (Fsp3) is 0.0714. The lowest BCUT2D eigenvalue weighted by Gasteiger charge is -2.09. The molecule has 0 aliphatic heterocycles. The van der Waals surface area contributed by atoms with E-state index in [2.05, 4.69) is 0 Å². The van der Waals surface area contributed by atoms with E-state index in [0.717, 1.165) is 15.5 Å². The maximum Gasteiger partial charge on any atom is 0.123 e. The summed E-state index contributed by atoms with van der Waals surface area (Å²) in [6.07, 6.45) is 0. The molecule has 98 valence electrons. The van der Waals surface area contributed by atoms with E-state index >= 15 is 0 Å². The number of amidine groups is 1. The Hall–Kier alpha value is -1.65. The fourth-order valence-electron chi connectivity index (χ4n) is 1.57. The van der Waals surface area contributed by atoms with Crippen molar-refractivity contribution in [2.24, 2.45) is 5.73 Å². The Balaban J connectivity index is 2.31. The van der Waals surface area contributed by atoms with Gasteiger partial charge in [-0.25, -0.2) is 0 Å². The van der Waals surface area contributed by atoms with Crippen molar-refractivity contribution >= 4 is 29.2 Å². The van der Waals surface area contributed by atoms with E-state index in [0.29, 0.717) is 10.6 Å². The van der Waals surface area contributed by atoms with Crippen molar-refractivity contribution in [2.75, 3.05) is 7.11 Å². The topological polar surface area (TPSA) is 59.1 Å². The van der Waals surface area contributed by atoms with Crippen LogP contribution >= 0.6 is 23.4 Å². The normalized spacial score (nSPS) is 10.2. The third-order valence-corrected chi connectivity index (χ3v) is 3.82. The maximum absolute atomic E-state index is 7.58. The number of benzene rings is 2. The maximum atomic E-state index is 7.58. The zero-order valence-electron chi connectivity index (χ0n) is 10.3. The Bertz CT molecular complexity index is 599. The van der Waals surface area contributed by atoms with Gasteiger partial charge in [-0.2, -0.15) is 0 Å². The molecular weight excluding hydrogens is 280 g/mol. The molecule has 0 spiro atoms. The van der Waals surface area contributed by atoms with Crippen molar-refractivity contribution in [3.63, 3.8) is 0 Å². The summed E-state index contributed by atoms with van der Waals surface area (Å²) in [5, 5.41) is 8.20. The van der Waals surface area contributed by atoms with Gasteiger partial charge in [-0.3, -0.25) is 5.41 Å². The molecule has 3 N–H and O–H groups in total. The first-order valence-electron chi connectivity index (χ1n) is 5.56. The first-order chi connectivity index (χ1) is 9.10. The number of hydrogen-bond donors (Lipinski definition) is 2. The summed E-state index contributed by atoms with van der Waals surface area (Å²) in [7, 11) is 1.63. The molecule has 0 fully saturated rings. The zero-order chi connectivity index (χ0) is 13.8. The first kappa shape index (κ1) is 13.8. The number of ether oxygens (including phenoxy) is 1. The number of halogens is 1. The highest BCUT2D eigenvalue weighted by Crippen LogP contribution is 2.33. The van der Waals surface area contributed by atoms with Gasteiger partial charge in [0.25, 0.3) is 0 Å². The highest BCUT2D eigenvalue weighted by atomic mass is 35.5. The molecule has 0 aliphatic carbocycles. The van der Waals surface area contributed by atoms with E-state index in [1.54, 1.807) is 19.2 Å². The van der Waals surface area contributed by atoms with Crippen LogP contribution in [0.1, 0.15) is 5.56 Å². The van der Waals surface area contributed by atoms with E-state index in [9.17, 15) is 0 Å². The standard InChI is InChI=1S/C14H13ClN2OS/c1-18-10-3-5-11(6-4-10)19-13-8-9(15)2-7-12(13)14(16)17/h2-8H,1H3,(H3,16,17). The highest BCUT2D eigenvalue weighted by Gasteiger charge is 2.08. The highest BCUT2D eigenvalue weighted by molar-refractivity contribution is 7.99. The molecule has 0 bridgehead atoms. The first-order valence-corrected chi connectivity index (χ1v) is 6.75. The smallest absolute Gasteiger partial charge is 0.123 e. The summed E-state index contributed by atoms with van der Waals surface area (Å²) < 4.78 is 5.12. The van der Waals surface area contributed by atoms with Gasteiger partial charge in [0.05, 0.1) is 7.11 Å². The van der Waals surface area contributed by atoms with Crippen LogP contribution in [0.5, 0.6) is 5.75 Å². The van der Waals surface area contributed by atoms with Crippen LogP contribution in [0.15, 0.2) is 52.3 Å². The molecule has 0 atom stereocenters. The van der Waals surface area contributed by atoms with Gasteiger partial charge in [0, 0.05) is 20.4 Å². The van der Waals surface area contributed by atoms with Gasteiger partial charge in [-0.1, -0.05) is 23.4 Å². The monoisotopic (exact) mass is 292 g/mol. The second kappa shape index (κ2) is 5.99. The summed E-state index contributed by atoms with van der Waals surface area (Å²) in [6.45, 7) is 0. The number of nitrogen functional groups attached to an aromatic ring is 1. The Morgan fingerprint density at radius 2 is 1.89 bits per heavy atom. The summed E-state index contributed by atoms with van der Waals surface area (Å²) in [6, 6.07) is 13.0. The molecule has 0 heterocycles. The quantitative estimate of drug-likeness (QED) is 0.666. The van der Waals surface area contributed by atoms with Crippen LogP contribution in [-0.4, -0.2) is 12.9 Å². The second-order valence-corrected chi connectivity index (χ2v) is 5.38. The van der Waals surface area contributed by atoms with Gasteiger partial charge < -0.3 is 10.5 Å². The summed E-state index contributed by atoms with van der Waals surface area (Å²) >= 11 is 7.51. The summed E-state index contributed by atoms with van der Waals surface area (Å²) in [5.41, 5.74) is 6.26.